The van der Waals surface area contributed by atoms with Gasteiger partial charge in [-0.1, -0.05) is 36.4 Å². The van der Waals surface area contributed by atoms with Crippen LogP contribution in [-0.4, -0.2) is 25.2 Å². The normalized spacial score (nSPS) is 14.1. The second-order valence-electron chi connectivity index (χ2n) is 7.17. The minimum atomic E-state index is -0.207. The van der Waals surface area contributed by atoms with E-state index >= 15 is 0 Å². The summed E-state index contributed by atoms with van der Waals surface area (Å²) in [6, 6.07) is 19.3. The molecule has 4 rings (SSSR count). The second-order valence-corrected chi connectivity index (χ2v) is 7.17. The van der Waals surface area contributed by atoms with Gasteiger partial charge in [0.15, 0.2) is 11.5 Å². The van der Waals surface area contributed by atoms with Crippen molar-refractivity contribution in [1.29, 1.82) is 0 Å². The maximum atomic E-state index is 13.2. The number of fused-ring (bicyclic) bond motifs is 1. The number of ether oxygens (including phenoxy) is 2. The highest BCUT2D eigenvalue weighted by molar-refractivity contribution is 5.71. The molecule has 0 atom stereocenters. The fourth-order valence-electron chi connectivity index (χ4n) is 3.72. The van der Waals surface area contributed by atoms with Crippen LogP contribution in [0.5, 0.6) is 11.5 Å². The Morgan fingerprint density at radius 2 is 1.86 bits per heavy atom. The monoisotopic (exact) mass is 377 g/mol. The molecule has 144 valence electrons. The number of nitrogens with zero attached hydrogens (tertiary/aromatic N) is 1. The zero-order chi connectivity index (χ0) is 19.5. The first-order chi connectivity index (χ1) is 13.6. The van der Waals surface area contributed by atoms with E-state index in [1.54, 1.807) is 7.11 Å². The van der Waals surface area contributed by atoms with Crippen LogP contribution in [0.4, 0.5) is 4.39 Å². The van der Waals surface area contributed by atoms with Gasteiger partial charge in [0.25, 0.3) is 0 Å². The smallest absolute Gasteiger partial charge is 0.165 e. The van der Waals surface area contributed by atoms with Gasteiger partial charge >= 0.3 is 0 Å². The van der Waals surface area contributed by atoms with Crippen LogP contribution in [0.2, 0.25) is 0 Å². The van der Waals surface area contributed by atoms with Gasteiger partial charge in [-0.3, -0.25) is 4.90 Å². The minimum Gasteiger partial charge on any atom is -0.493 e. The van der Waals surface area contributed by atoms with Crippen molar-refractivity contribution in [3.8, 4) is 22.6 Å². The van der Waals surface area contributed by atoms with Crippen LogP contribution >= 0.6 is 0 Å². The molecule has 0 fully saturated rings. The molecule has 1 aliphatic rings. The summed E-state index contributed by atoms with van der Waals surface area (Å²) in [5, 5.41) is 0. The second kappa shape index (κ2) is 8.03. The Hall–Kier alpha value is -2.85. The van der Waals surface area contributed by atoms with E-state index in [0.29, 0.717) is 6.61 Å². The standard InChI is InChI=1S/C24H24FNO2/c1-17-5-3-4-6-22(17)19-13-20-16-26(15-18-7-9-21(25)10-8-18)11-12-28-24(20)23(14-19)27-2/h3-10,13-14H,11-12,15-16H2,1-2H3. The first-order valence-electron chi connectivity index (χ1n) is 9.50. The van der Waals surface area contributed by atoms with Crippen LogP contribution in [0.3, 0.4) is 0 Å². The average molecular weight is 377 g/mol. The third-order valence-corrected chi connectivity index (χ3v) is 5.18. The van der Waals surface area contributed by atoms with E-state index in [9.17, 15) is 4.39 Å². The molecule has 0 radical (unpaired) electrons. The van der Waals surface area contributed by atoms with E-state index in [1.165, 1.54) is 23.3 Å². The predicted octanol–water partition coefficient (Wildman–Crippen LogP) is 5.20. The van der Waals surface area contributed by atoms with Crippen LogP contribution in [-0.2, 0) is 13.1 Å². The van der Waals surface area contributed by atoms with E-state index in [0.717, 1.165) is 47.8 Å². The fraction of sp³-hybridized carbons (Fsp3) is 0.250. The molecule has 1 aliphatic heterocycles. The van der Waals surface area contributed by atoms with Gasteiger partial charge < -0.3 is 9.47 Å². The van der Waals surface area contributed by atoms with Crippen molar-refractivity contribution in [3.63, 3.8) is 0 Å². The zero-order valence-corrected chi connectivity index (χ0v) is 16.2. The first kappa shape index (κ1) is 18.5. The number of aryl methyl sites for hydroxylation is 1. The Labute approximate surface area is 165 Å². The van der Waals surface area contributed by atoms with Crippen LogP contribution < -0.4 is 9.47 Å². The molecule has 0 N–H and O–H groups in total. The molecule has 0 unspecified atom stereocenters. The molecule has 1 heterocycles. The van der Waals surface area contributed by atoms with E-state index in [1.807, 2.05) is 18.2 Å². The quantitative estimate of drug-likeness (QED) is 0.623. The van der Waals surface area contributed by atoms with E-state index in [-0.39, 0.29) is 5.82 Å². The third kappa shape index (κ3) is 3.87. The van der Waals surface area contributed by atoms with Gasteiger partial charge in [-0.25, -0.2) is 4.39 Å². The van der Waals surface area contributed by atoms with Gasteiger partial charge in [-0.2, -0.15) is 0 Å². The third-order valence-electron chi connectivity index (χ3n) is 5.18. The molecule has 4 heteroatoms. The number of methoxy groups -OCH3 is 1. The Morgan fingerprint density at radius 3 is 2.61 bits per heavy atom. The Balaban J connectivity index is 1.67. The fourth-order valence-corrected chi connectivity index (χ4v) is 3.72. The summed E-state index contributed by atoms with van der Waals surface area (Å²) < 4.78 is 24.9. The lowest BCUT2D eigenvalue weighted by molar-refractivity contribution is 0.217. The SMILES string of the molecule is COc1cc(-c2ccccc2C)cc2c1OCCN(Cc1ccc(F)cc1)C2. The van der Waals surface area contributed by atoms with Crippen molar-refractivity contribution >= 4 is 0 Å². The molecule has 28 heavy (non-hydrogen) atoms. The van der Waals surface area contributed by atoms with Crippen molar-refractivity contribution in [1.82, 2.24) is 4.90 Å². The molecule has 0 amide bonds. The van der Waals surface area contributed by atoms with E-state index < -0.39 is 0 Å². The summed E-state index contributed by atoms with van der Waals surface area (Å²) in [5.74, 6) is 1.38. The number of halogens is 1. The number of benzene rings is 3. The summed E-state index contributed by atoms with van der Waals surface area (Å²) in [5.41, 5.74) is 5.74. The highest BCUT2D eigenvalue weighted by Gasteiger charge is 2.21. The maximum absolute atomic E-state index is 13.2. The molecule has 0 aliphatic carbocycles. The van der Waals surface area contributed by atoms with Crippen LogP contribution in [0.25, 0.3) is 11.1 Å². The van der Waals surface area contributed by atoms with Gasteiger partial charge in [0.05, 0.1) is 7.11 Å². The lowest BCUT2D eigenvalue weighted by atomic mass is 9.97. The molecule has 3 aromatic carbocycles. The lowest BCUT2D eigenvalue weighted by Crippen LogP contribution is -2.25. The molecule has 0 saturated heterocycles. The maximum Gasteiger partial charge on any atom is 0.165 e. The van der Waals surface area contributed by atoms with Gasteiger partial charge in [-0.15, -0.1) is 0 Å². The highest BCUT2D eigenvalue weighted by Crippen LogP contribution is 2.39. The summed E-state index contributed by atoms with van der Waals surface area (Å²) >= 11 is 0. The van der Waals surface area contributed by atoms with E-state index in [2.05, 4.69) is 42.2 Å². The highest BCUT2D eigenvalue weighted by atomic mass is 19.1. The van der Waals surface area contributed by atoms with Crippen molar-refractivity contribution < 1.29 is 13.9 Å². The summed E-state index contributed by atoms with van der Waals surface area (Å²) in [6.45, 7) is 5.01. The summed E-state index contributed by atoms with van der Waals surface area (Å²) in [6.07, 6.45) is 0. The molecule has 0 bridgehead atoms. The first-order valence-corrected chi connectivity index (χ1v) is 9.50. The van der Waals surface area contributed by atoms with Gasteiger partial charge in [0.1, 0.15) is 12.4 Å². The Bertz CT molecular complexity index is 969. The molecule has 0 saturated carbocycles. The lowest BCUT2D eigenvalue weighted by Gasteiger charge is -2.20. The Kier molecular flexibility index (Phi) is 5.31. The van der Waals surface area contributed by atoms with Crippen LogP contribution in [0.15, 0.2) is 60.7 Å². The van der Waals surface area contributed by atoms with Crippen molar-refractivity contribution in [2.75, 3.05) is 20.3 Å². The Morgan fingerprint density at radius 1 is 1.07 bits per heavy atom. The average Bonchev–Trinajstić information content (AvgIpc) is 2.91. The summed E-state index contributed by atoms with van der Waals surface area (Å²) in [4.78, 5) is 2.32. The molecule has 0 aromatic heterocycles. The van der Waals surface area contributed by atoms with Gasteiger partial charge in [0, 0.05) is 25.2 Å². The molecular formula is C24H24FNO2. The van der Waals surface area contributed by atoms with Crippen molar-refractivity contribution in [2.24, 2.45) is 0 Å². The summed E-state index contributed by atoms with van der Waals surface area (Å²) in [7, 11) is 1.68. The van der Waals surface area contributed by atoms with E-state index in [4.69, 9.17) is 9.47 Å². The van der Waals surface area contributed by atoms with Crippen LogP contribution in [0.1, 0.15) is 16.7 Å². The molecular weight excluding hydrogens is 353 g/mol. The largest absolute Gasteiger partial charge is 0.493 e. The number of rotatable bonds is 4. The van der Waals surface area contributed by atoms with Gasteiger partial charge in [0.2, 0.25) is 0 Å². The number of hydrogen-bond donors (Lipinski definition) is 0. The zero-order valence-electron chi connectivity index (χ0n) is 16.2. The topological polar surface area (TPSA) is 21.7 Å². The predicted molar refractivity (Wildman–Crippen MR) is 109 cm³/mol. The van der Waals surface area contributed by atoms with Crippen molar-refractivity contribution in [3.05, 3.63) is 83.2 Å². The number of hydrogen-bond acceptors (Lipinski definition) is 3. The molecule has 0 spiro atoms. The van der Waals surface area contributed by atoms with Crippen LogP contribution in [0, 0.1) is 12.7 Å². The minimum absolute atomic E-state index is 0.207. The van der Waals surface area contributed by atoms with Gasteiger partial charge in [-0.05, 0) is 53.4 Å². The van der Waals surface area contributed by atoms with Crippen molar-refractivity contribution in [2.45, 2.75) is 20.0 Å². The molecule has 3 aromatic rings. The molecule has 3 nitrogen and oxygen atoms in total.